The van der Waals surface area contributed by atoms with Crippen LogP contribution in [-0.4, -0.2) is 16.1 Å². The molecular weight excluding hydrogens is 247 g/mol. The van der Waals surface area contributed by atoms with Crippen molar-refractivity contribution in [2.75, 3.05) is 11.1 Å². The van der Waals surface area contributed by atoms with Gasteiger partial charge in [0.25, 0.3) is 5.91 Å². The minimum Gasteiger partial charge on any atom is -0.399 e. The molecule has 2 aromatic rings. The molecule has 2 rings (SSSR count). The van der Waals surface area contributed by atoms with Crippen LogP contribution in [0.3, 0.4) is 0 Å². The fraction of sp³-hybridized carbons (Fsp3) is 0.154. The number of carbonyl (C=O) groups excluding carboxylic acids is 1. The van der Waals surface area contributed by atoms with Crippen LogP contribution in [0.25, 0.3) is 0 Å². The van der Waals surface area contributed by atoms with E-state index in [1.165, 1.54) is 12.1 Å². The second kappa shape index (κ2) is 5.01. The zero-order chi connectivity index (χ0) is 14.0. The summed E-state index contributed by atoms with van der Waals surface area (Å²) >= 11 is 0. The van der Waals surface area contributed by atoms with Gasteiger partial charge in [-0.2, -0.15) is 10.2 Å². The second-order valence-corrected chi connectivity index (χ2v) is 4.18. The molecule has 6 heteroatoms. The number of hydrogen-bond acceptors (Lipinski definition) is 4. The van der Waals surface area contributed by atoms with Gasteiger partial charge in [0.1, 0.15) is 5.82 Å². The number of nitrogens with one attached hydrogen (secondary N) is 1. The highest BCUT2D eigenvalue weighted by Gasteiger charge is 2.13. The molecule has 0 fully saturated rings. The molecule has 0 saturated heterocycles. The number of hydrogen-bond donors (Lipinski definition) is 2. The Morgan fingerprint density at radius 3 is 2.68 bits per heavy atom. The predicted molar refractivity (Wildman–Crippen MR) is 70.3 cm³/mol. The summed E-state index contributed by atoms with van der Waals surface area (Å²) in [5, 5.41) is 10.2. The Labute approximate surface area is 109 Å². The summed E-state index contributed by atoms with van der Waals surface area (Å²) in [6, 6.07) is 5.69. The predicted octanol–water partition coefficient (Wildman–Crippen LogP) is 2.07. The number of nitrogen functional groups attached to an aromatic ring is 1. The van der Waals surface area contributed by atoms with E-state index in [-0.39, 0.29) is 5.69 Å². The largest absolute Gasteiger partial charge is 0.399 e. The molecule has 5 nitrogen and oxygen atoms in total. The molecular formula is C13H13FN4O. The molecule has 1 heterocycles. The third kappa shape index (κ3) is 2.85. The summed E-state index contributed by atoms with van der Waals surface area (Å²) < 4.78 is 13.6. The van der Waals surface area contributed by atoms with Crippen LogP contribution < -0.4 is 11.1 Å². The maximum absolute atomic E-state index is 13.6. The zero-order valence-corrected chi connectivity index (χ0v) is 10.6. The molecule has 3 N–H and O–H groups in total. The van der Waals surface area contributed by atoms with E-state index < -0.39 is 11.7 Å². The standard InChI is InChI=1S/C13H13FN4O/c1-7-5-10(8(2)18-17-7)13(19)16-12-4-3-9(15)6-11(12)14/h3-6H,15H2,1-2H3,(H,16,19). The fourth-order valence-electron chi connectivity index (χ4n) is 1.60. The molecule has 0 aliphatic heterocycles. The Bertz CT molecular complexity index is 643. The first-order valence-corrected chi connectivity index (χ1v) is 5.64. The van der Waals surface area contributed by atoms with E-state index in [0.717, 1.165) is 6.07 Å². The minimum absolute atomic E-state index is 0.0769. The molecule has 1 aromatic heterocycles. The highest BCUT2D eigenvalue weighted by atomic mass is 19.1. The number of halogens is 1. The van der Waals surface area contributed by atoms with Crippen LogP contribution >= 0.6 is 0 Å². The van der Waals surface area contributed by atoms with Gasteiger partial charge in [-0.1, -0.05) is 0 Å². The third-order valence-corrected chi connectivity index (χ3v) is 2.59. The molecule has 19 heavy (non-hydrogen) atoms. The molecule has 0 saturated carbocycles. The van der Waals surface area contributed by atoms with Crippen LogP contribution in [0.2, 0.25) is 0 Å². The first-order chi connectivity index (χ1) is 8.97. The van der Waals surface area contributed by atoms with Gasteiger partial charge in [-0.25, -0.2) is 4.39 Å². The van der Waals surface area contributed by atoms with Crippen molar-refractivity contribution in [3.05, 3.63) is 47.0 Å². The van der Waals surface area contributed by atoms with Gasteiger partial charge in [-0.05, 0) is 38.1 Å². The van der Waals surface area contributed by atoms with Gasteiger partial charge in [0.2, 0.25) is 0 Å². The number of amides is 1. The topological polar surface area (TPSA) is 80.9 Å². The summed E-state index contributed by atoms with van der Waals surface area (Å²) in [5.41, 5.74) is 7.29. The summed E-state index contributed by atoms with van der Waals surface area (Å²) in [5.74, 6) is -1.01. The van der Waals surface area contributed by atoms with Crippen LogP contribution in [0.4, 0.5) is 15.8 Å². The van der Waals surface area contributed by atoms with Crippen LogP contribution in [-0.2, 0) is 0 Å². The lowest BCUT2D eigenvalue weighted by Gasteiger charge is -2.08. The number of nitrogens with two attached hydrogens (primary N) is 1. The maximum atomic E-state index is 13.6. The molecule has 0 atom stereocenters. The van der Waals surface area contributed by atoms with E-state index >= 15 is 0 Å². The second-order valence-electron chi connectivity index (χ2n) is 4.18. The van der Waals surface area contributed by atoms with E-state index in [4.69, 9.17) is 5.73 Å². The minimum atomic E-state index is -0.579. The van der Waals surface area contributed by atoms with Crippen molar-refractivity contribution in [2.24, 2.45) is 0 Å². The fourth-order valence-corrected chi connectivity index (χ4v) is 1.60. The highest BCUT2D eigenvalue weighted by Crippen LogP contribution is 2.18. The van der Waals surface area contributed by atoms with Crippen molar-refractivity contribution in [1.82, 2.24) is 10.2 Å². The van der Waals surface area contributed by atoms with Gasteiger partial charge in [0.15, 0.2) is 0 Å². The van der Waals surface area contributed by atoms with Crippen molar-refractivity contribution in [2.45, 2.75) is 13.8 Å². The Kier molecular flexibility index (Phi) is 3.41. The molecule has 0 aliphatic rings. The Hall–Kier alpha value is -2.50. The molecule has 0 aliphatic carbocycles. The van der Waals surface area contributed by atoms with Gasteiger partial charge in [-0.3, -0.25) is 4.79 Å². The molecule has 0 bridgehead atoms. The van der Waals surface area contributed by atoms with Crippen LogP contribution in [0.15, 0.2) is 24.3 Å². The highest BCUT2D eigenvalue weighted by molar-refractivity contribution is 6.05. The van der Waals surface area contributed by atoms with Gasteiger partial charge in [0.05, 0.1) is 22.6 Å². The monoisotopic (exact) mass is 260 g/mol. The average Bonchev–Trinajstić information content (AvgIpc) is 2.35. The lowest BCUT2D eigenvalue weighted by atomic mass is 10.2. The van der Waals surface area contributed by atoms with E-state index in [1.54, 1.807) is 19.9 Å². The van der Waals surface area contributed by atoms with Crippen LogP contribution in [0, 0.1) is 19.7 Å². The molecule has 0 radical (unpaired) electrons. The van der Waals surface area contributed by atoms with Crippen molar-refractivity contribution >= 4 is 17.3 Å². The van der Waals surface area contributed by atoms with E-state index in [9.17, 15) is 9.18 Å². The molecule has 1 aromatic carbocycles. The average molecular weight is 260 g/mol. The van der Waals surface area contributed by atoms with E-state index in [1.807, 2.05) is 0 Å². The molecule has 1 amide bonds. The zero-order valence-electron chi connectivity index (χ0n) is 10.6. The number of nitrogens with zero attached hydrogens (tertiary/aromatic N) is 2. The molecule has 0 spiro atoms. The normalized spacial score (nSPS) is 10.3. The first-order valence-electron chi connectivity index (χ1n) is 5.64. The number of aromatic nitrogens is 2. The number of rotatable bonds is 2. The van der Waals surface area contributed by atoms with Gasteiger partial charge < -0.3 is 11.1 Å². The molecule has 98 valence electrons. The maximum Gasteiger partial charge on any atom is 0.257 e. The summed E-state index contributed by atoms with van der Waals surface area (Å²) in [4.78, 5) is 12.0. The van der Waals surface area contributed by atoms with Gasteiger partial charge in [0, 0.05) is 5.69 Å². The molecule has 0 unspecified atom stereocenters. The summed E-state index contributed by atoms with van der Waals surface area (Å²) in [7, 11) is 0. The van der Waals surface area contributed by atoms with E-state index in [0.29, 0.717) is 22.6 Å². The van der Waals surface area contributed by atoms with Crippen molar-refractivity contribution < 1.29 is 9.18 Å². The van der Waals surface area contributed by atoms with Crippen LogP contribution in [0.1, 0.15) is 21.7 Å². The Balaban J connectivity index is 2.28. The Morgan fingerprint density at radius 2 is 2.00 bits per heavy atom. The summed E-state index contributed by atoms with van der Waals surface area (Å²) in [6.45, 7) is 3.40. The van der Waals surface area contributed by atoms with Crippen LogP contribution in [0.5, 0.6) is 0 Å². The van der Waals surface area contributed by atoms with E-state index in [2.05, 4.69) is 15.5 Å². The van der Waals surface area contributed by atoms with Crippen molar-refractivity contribution in [1.29, 1.82) is 0 Å². The van der Waals surface area contributed by atoms with Gasteiger partial charge >= 0.3 is 0 Å². The quantitative estimate of drug-likeness (QED) is 0.810. The summed E-state index contributed by atoms with van der Waals surface area (Å²) in [6.07, 6.45) is 0. The SMILES string of the molecule is Cc1cc(C(=O)Nc2ccc(N)cc2F)c(C)nn1. The Morgan fingerprint density at radius 1 is 1.26 bits per heavy atom. The van der Waals surface area contributed by atoms with Crippen molar-refractivity contribution in [3.63, 3.8) is 0 Å². The first kappa shape index (κ1) is 12.9. The smallest absolute Gasteiger partial charge is 0.257 e. The lowest BCUT2D eigenvalue weighted by molar-refractivity contribution is 0.102. The van der Waals surface area contributed by atoms with Crippen molar-refractivity contribution in [3.8, 4) is 0 Å². The number of carbonyl (C=O) groups is 1. The number of anilines is 2. The van der Waals surface area contributed by atoms with Gasteiger partial charge in [-0.15, -0.1) is 0 Å². The lowest BCUT2D eigenvalue weighted by Crippen LogP contribution is -2.16. The number of aryl methyl sites for hydroxylation is 2. The third-order valence-electron chi connectivity index (χ3n) is 2.59. The number of benzene rings is 1.